The van der Waals surface area contributed by atoms with Crippen molar-refractivity contribution in [3.63, 3.8) is 0 Å². The largest absolute Gasteiger partial charge is 0.375 e. The Kier molecular flexibility index (Phi) is 4.40. The van der Waals surface area contributed by atoms with Gasteiger partial charge in [-0.15, -0.1) is 0 Å². The van der Waals surface area contributed by atoms with Gasteiger partial charge in [0.05, 0.1) is 17.8 Å². The standard InChI is InChI=1S/C15H19N3O/c1-12-6-8-18(9-7-12)15(19)11-17-14-5-3-2-4-13(14)10-16/h2-5,12,17H,6-9,11H2,1H3. The average Bonchev–Trinajstić information content (AvgIpc) is 2.45. The average molecular weight is 257 g/mol. The van der Waals surface area contributed by atoms with Crippen molar-refractivity contribution in [2.45, 2.75) is 19.8 Å². The van der Waals surface area contributed by atoms with E-state index in [0.29, 0.717) is 5.56 Å². The fourth-order valence-electron chi connectivity index (χ4n) is 2.28. The number of amides is 1. The summed E-state index contributed by atoms with van der Waals surface area (Å²) in [5.41, 5.74) is 1.30. The second-order valence-corrected chi connectivity index (χ2v) is 5.07. The zero-order valence-electron chi connectivity index (χ0n) is 11.2. The summed E-state index contributed by atoms with van der Waals surface area (Å²) < 4.78 is 0. The molecule has 1 aromatic rings. The fraction of sp³-hybridized carbons (Fsp3) is 0.467. The van der Waals surface area contributed by atoms with E-state index in [1.54, 1.807) is 6.07 Å². The first-order valence-electron chi connectivity index (χ1n) is 6.71. The number of nitrogens with zero attached hydrogens (tertiary/aromatic N) is 2. The van der Waals surface area contributed by atoms with Crippen molar-refractivity contribution in [1.29, 1.82) is 5.26 Å². The van der Waals surface area contributed by atoms with Crippen molar-refractivity contribution < 1.29 is 4.79 Å². The lowest BCUT2D eigenvalue weighted by molar-refractivity contribution is -0.130. The van der Waals surface area contributed by atoms with Crippen LogP contribution in [0.5, 0.6) is 0 Å². The first-order valence-corrected chi connectivity index (χ1v) is 6.71. The van der Waals surface area contributed by atoms with Gasteiger partial charge in [0, 0.05) is 13.1 Å². The van der Waals surface area contributed by atoms with E-state index in [2.05, 4.69) is 18.3 Å². The molecule has 1 amide bonds. The van der Waals surface area contributed by atoms with Crippen LogP contribution in [0.15, 0.2) is 24.3 Å². The van der Waals surface area contributed by atoms with Gasteiger partial charge >= 0.3 is 0 Å². The third-order valence-corrected chi connectivity index (χ3v) is 3.61. The lowest BCUT2D eigenvalue weighted by Gasteiger charge is -2.30. The minimum absolute atomic E-state index is 0.111. The van der Waals surface area contributed by atoms with Crippen LogP contribution in [0.2, 0.25) is 0 Å². The van der Waals surface area contributed by atoms with Crippen LogP contribution in [0.1, 0.15) is 25.3 Å². The maximum absolute atomic E-state index is 12.1. The van der Waals surface area contributed by atoms with Gasteiger partial charge in [0.25, 0.3) is 0 Å². The summed E-state index contributed by atoms with van der Waals surface area (Å²) in [5, 5.41) is 12.0. The molecule has 0 saturated carbocycles. The summed E-state index contributed by atoms with van der Waals surface area (Å²) in [6.45, 7) is 4.18. The molecule has 4 nitrogen and oxygen atoms in total. The molecule has 0 aromatic heterocycles. The SMILES string of the molecule is CC1CCN(C(=O)CNc2ccccc2C#N)CC1. The van der Waals surface area contributed by atoms with Gasteiger partial charge in [0.2, 0.25) is 5.91 Å². The number of hydrogen-bond acceptors (Lipinski definition) is 3. The van der Waals surface area contributed by atoms with Gasteiger partial charge in [-0.25, -0.2) is 0 Å². The van der Waals surface area contributed by atoms with Crippen LogP contribution in [0.25, 0.3) is 0 Å². The van der Waals surface area contributed by atoms with Crippen LogP contribution in [0.3, 0.4) is 0 Å². The van der Waals surface area contributed by atoms with Gasteiger partial charge in [-0.05, 0) is 30.9 Å². The highest BCUT2D eigenvalue weighted by molar-refractivity contribution is 5.81. The minimum atomic E-state index is 0.111. The molecule has 1 aliphatic heterocycles. The Balaban J connectivity index is 1.88. The molecule has 4 heteroatoms. The molecule has 0 radical (unpaired) electrons. The number of benzene rings is 1. The predicted molar refractivity (Wildman–Crippen MR) is 74.6 cm³/mol. The maximum atomic E-state index is 12.1. The molecule has 0 spiro atoms. The van der Waals surface area contributed by atoms with Gasteiger partial charge in [0.15, 0.2) is 0 Å². The van der Waals surface area contributed by atoms with E-state index in [-0.39, 0.29) is 12.5 Å². The summed E-state index contributed by atoms with van der Waals surface area (Å²) in [5.74, 6) is 0.830. The molecule has 0 atom stereocenters. The Hall–Kier alpha value is -2.02. The van der Waals surface area contributed by atoms with E-state index in [4.69, 9.17) is 5.26 Å². The zero-order valence-corrected chi connectivity index (χ0v) is 11.2. The molecule has 0 bridgehead atoms. The first kappa shape index (κ1) is 13.4. The Morgan fingerprint density at radius 1 is 1.42 bits per heavy atom. The number of piperidine rings is 1. The van der Waals surface area contributed by atoms with Crippen LogP contribution < -0.4 is 5.32 Å². The smallest absolute Gasteiger partial charge is 0.241 e. The normalized spacial score (nSPS) is 15.9. The first-order chi connectivity index (χ1) is 9.20. The van der Waals surface area contributed by atoms with Crippen LogP contribution in [-0.2, 0) is 4.79 Å². The van der Waals surface area contributed by atoms with Crippen molar-refractivity contribution in [3.8, 4) is 6.07 Å². The van der Waals surface area contributed by atoms with Crippen molar-refractivity contribution in [2.24, 2.45) is 5.92 Å². The summed E-state index contributed by atoms with van der Waals surface area (Å²) in [6.07, 6.45) is 2.17. The quantitative estimate of drug-likeness (QED) is 0.903. The maximum Gasteiger partial charge on any atom is 0.241 e. The monoisotopic (exact) mass is 257 g/mol. The summed E-state index contributed by atoms with van der Waals surface area (Å²) in [6, 6.07) is 9.36. The van der Waals surface area contributed by atoms with E-state index in [0.717, 1.165) is 37.5 Å². The number of likely N-dealkylation sites (tertiary alicyclic amines) is 1. The molecule has 100 valence electrons. The van der Waals surface area contributed by atoms with E-state index in [1.165, 1.54) is 0 Å². The van der Waals surface area contributed by atoms with Crippen molar-refractivity contribution in [3.05, 3.63) is 29.8 Å². The van der Waals surface area contributed by atoms with E-state index in [9.17, 15) is 4.79 Å². The van der Waals surface area contributed by atoms with E-state index < -0.39 is 0 Å². The molecule has 19 heavy (non-hydrogen) atoms. The number of nitriles is 1. The van der Waals surface area contributed by atoms with Gasteiger partial charge in [-0.3, -0.25) is 4.79 Å². The zero-order chi connectivity index (χ0) is 13.7. The van der Waals surface area contributed by atoms with E-state index in [1.807, 2.05) is 23.1 Å². The van der Waals surface area contributed by atoms with Gasteiger partial charge in [-0.2, -0.15) is 5.26 Å². The molecule has 2 rings (SSSR count). The number of carbonyl (C=O) groups is 1. The lowest BCUT2D eigenvalue weighted by atomic mass is 9.99. The van der Waals surface area contributed by atoms with Crippen molar-refractivity contribution >= 4 is 11.6 Å². The topological polar surface area (TPSA) is 56.1 Å². The summed E-state index contributed by atoms with van der Waals surface area (Å²) >= 11 is 0. The molecule has 0 unspecified atom stereocenters. The Morgan fingerprint density at radius 3 is 2.79 bits per heavy atom. The number of carbonyl (C=O) groups excluding carboxylic acids is 1. The Morgan fingerprint density at radius 2 is 2.11 bits per heavy atom. The summed E-state index contributed by atoms with van der Waals surface area (Å²) in [4.78, 5) is 14.0. The highest BCUT2D eigenvalue weighted by Gasteiger charge is 2.19. The van der Waals surface area contributed by atoms with Crippen LogP contribution in [-0.4, -0.2) is 30.4 Å². The number of nitrogens with one attached hydrogen (secondary N) is 1. The minimum Gasteiger partial charge on any atom is -0.375 e. The molecular weight excluding hydrogens is 238 g/mol. The van der Waals surface area contributed by atoms with Crippen LogP contribution in [0.4, 0.5) is 5.69 Å². The molecule has 1 heterocycles. The number of hydrogen-bond donors (Lipinski definition) is 1. The third-order valence-electron chi connectivity index (χ3n) is 3.61. The van der Waals surface area contributed by atoms with E-state index >= 15 is 0 Å². The number of anilines is 1. The highest BCUT2D eigenvalue weighted by Crippen LogP contribution is 2.17. The van der Waals surface area contributed by atoms with Gasteiger partial charge in [-0.1, -0.05) is 19.1 Å². The number of rotatable bonds is 3. The second kappa shape index (κ2) is 6.24. The highest BCUT2D eigenvalue weighted by atomic mass is 16.2. The third kappa shape index (κ3) is 3.47. The van der Waals surface area contributed by atoms with Crippen LogP contribution >= 0.6 is 0 Å². The lowest BCUT2D eigenvalue weighted by Crippen LogP contribution is -2.40. The van der Waals surface area contributed by atoms with Gasteiger partial charge in [0.1, 0.15) is 6.07 Å². The Labute approximate surface area is 114 Å². The van der Waals surface area contributed by atoms with Crippen LogP contribution in [0, 0.1) is 17.2 Å². The summed E-state index contributed by atoms with van der Waals surface area (Å²) in [7, 11) is 0. The second-order valence-electron chi connectivity index (χ2n) is 5.07. The molecule has 1 aromatic carbocycles. The molecular formula is C15H19N3O. The predicted octanol–water partition coefficient (Wildman–Crippen LogP) is 2.23. The van der Waals surface area contributed by atoms with Crippen molar-refractivity contribution in [2.75, 3.05) is 25.0 Å². The fourth-order valence-corrected chi connectivity index (χ4v) is 2.28. The molecule has 1 N–H and O–H groups in total. The van der Waals surface area contributed by atoms with Crippen molar-refractivity contribution in [1.82, 2.24) is 4.90 Å². The van der Waals surface area contributed by atoms with Gasteiger partial charge < -0.3 is 10.2 Å². The molecule has 1 aliphatic rings. The molecule has 1 fully saturated rings. The molecule has 0 aliphatic carbocycles. The molecule has 1 saturated heterocycles. The number of para-hydroxylation sites is 1. The Bertz CT molecular complexity index is 484.